The third-order valence-corrected chi connectivity index (χ3v) is 3.30. The Bertz CT molecular complexity index is 410. The summed E-state index contributed by atoms with van der Waals surface area (Å²) in [4.78, 5) is 11.5. The SMILES string of the molecule is COCCCNC(=O)CCNc1ccc(C)cc1Br. The molecule has 0 aliphatic carbocycles. The molecular weight excluding hydrogens is 308 g/mol. The van der Waals surface area contributed by atoms with Gasteiger partial charge in [-0.1, -0.05) is 6.07 Å². The number of aryl methyl sites for hydroxylation is 1. The van der Waals surface area contributed by atoms with Crippen molar-refractivity contribution < 1.29 is 9.53 Å². The van der Waals surface area contributed by atoms with Crippen molar-refractivity contribution in [2.24, 2.45) is 0 Å². The molecule has 106 valence electrons. The molecule has 4 nitrogen and oxygen atoms in total. The maximum absolute atomic E-state index is 11.5. The van der Waals surface area contributed by atoms with Gasteiger partial charge >= 0.3 is 0 Å². The number of hydrogen-bond acceptors (Lipinski definition) is 3. The molecule has 1 aromatic rings. The van der Waals surface area contributed by atoms with Crippen LogP contribution < -0.4 is 10.6 Å². The first kappa shape index (κ1) is 16.0. The van der Waals surface area contributed by atoms with E-state index in [1.165, 1.54) is 5.56 Å². The average molecular weight is 329 g/mol. The number of ether oxygens (including phenoxy) is 1. The van der Waals surface area contributed by atoms with Gasteiger partial charge in [0.2, 0.25) is 5.91 Å². The highest BCUT2D eigenvalue weighted by molar-refractivity contribution is 9.10. The van der Waals surface area contributed by atoms with Crippen molar-refractivity contribution in [2.45, 2.75) is 19.8 Å². The summed E-state index contributed by atoms with van der Waals surface area (Å²) in [7, 11) is 1.66. The first-order valence-electron chi connectivity index (χ1n) is 6.39. The van der Waals surface area contributed by atoms with E-state index in [2.05, 4.69) is 26.6 Å². The summed E-state index contributed by atoms with van der Waals surface area (Å²) in [5.41, 5.74) is 2.21. The van der Waals surface area contributed by atoms with Gasteiger partial charge in [0.15, 0.2) is 0 Å². The van der Waals surface area contributed by atoms with E-state index in [4.69, 9.17) is 4.74 Å². The van der Waals surface area contributed by atoms with Crippen LogP contribution in [0.2, 0.25) is 0 Å². The van der Waals surface area contributed by atoms with Gasteiger partial charge in [0.25, 0.3) is 0 Å². The molecule has 0 spiro atoms. The van der Waals surface area contributed by atoms with E-state index < -0.39 is 0 Å². The van der Waals surface area contributed by atoms with E-state index in [1.54, 1.807) is 7.11 Å². The van der Waals surface area contributed by atoms with Gasteiger partial charge in [0, 0.05) is 43.4 Å². The van der Waals surface area contributed by atoms with Crippen LogP contribution in [0.3, 0.4) is 0 Å². The van der Waals surface area contributed by atoms with E-state index in [0.717, 1.165) is 16.6 Å². The molecule has 0 aliphatic rings. The maximum atomic E-state index is 11.5. The van der Waals surface area contributed by atoms with Crippen LogP contribution in [-0.2, 0) is 9.53 Å². The third kappa shape index (κ3) is 6.59. The smallest absolute Gasteiger partial charge is 0.221 e. The van der Waals surface area contributed by atoms with Gasteiger partial charge in [-0.25, -0.2) is 0 Å². The number of nitrogens with one attached hydrogen (secondary N) is 2. The quantitative estimate of drug-likeness (QED) is 0.721. The molecule has 19 heavy (non-hydrogen) atoms. The Balaban J connectivity index is 2.20. The first-order chi connectivity index (χ1) is 9.13. The molecule has 0 atom stereocenters. The number of hydrogen-bond donors (Lipinski definition) is 2. The van der Waals surface area contributed by atoms with Crippen molar-refractivity contribution in [3.05, 3.63) is 28.2 Å². The van der Waals surface area contributed by atoms with Gasteiger partial charge < -0.3 is 15.4 Å². The summed E-state index contributed by atoms with van der Waals surface area (Å²) in [6.45, 7) is 4.01. The monoisotopic (exact) mass is 328 g/mol. The Morgan fingerprint density at radius 2 is 2.16 bits per heavy atom. The third-order valence-electron chi connectivity index (χ3n) is 2.64. The number of carbonyl (C=O) groups is 1. The molecular formula is C14H21BrN2O2. The van der Waals surface area contributed by atoms with Crippen LogP contribution in [0.5, 0.6) is 0 Å². The predicted octanol–water partition coefficient (Wildman–Crippen LogP) is 2.71. The van der Waals surface area contributed by atoms with Gasteiger partial charge in [-0.3, -0.25) is 4.79 Å². The second-order valence-electron chi connectivity index (χ2n) is 4.36. The van der Waals surface area contributed by atoms with Crippen LogP contribution in [-0.4, -0.2) is 32.7 Å². The summed E-state index contributed by atoms with van der Waals surface area (Å²) in [6.07, 6.45) is 1.31. The molecule has 0 aromatic heterocycles. The zero-order chi connectivity index (χ0) is 14.1. The number of rotatable bonds is 8. The Kier molecular flexibility index (Phi) is 7.52. The van der Waals surface area contributed by atoms with Gasteiger partial charge in [0.1, 0.15) is 0 Å². The van der Waals surface area contributed by atoms with Crippen LogP contribution >= 0.6 is 15.9 Å². The van der Waals surface area contributed by atoms with Crippen LogP contribution in [0.15, 0.2) is 22.7 Å². The zero-order valence-electron chi connectivity index (χ0n) is 11.5. The summed E-state index contributed by atoms with van der Waals surface area (Å²) in [5.74, 6) is 0.0619. The summed E-state index contributed by atoms with van der Waals surface area (Å²) in [6, 6.07) is 6.10. The molecule has 1 aromatic carbocycles. The number of amides is 1. The van der Waals surface area contributed by atoms with Gasteiger partial charge in [0.05, 0.1) is 0 Å². The zero-order valence-corrected chi connectivity index (χ0v) is 13.0. The molecule has 0 saturated carbocycles. The summed E-state index contributed by atoms with van der Waals surface area (Å²) < 4.78 is 5.94. The Hall–Kier alpha value is -1.07. The average Bonchev–Trinajstić information content (AvgIpc) is 2.37. The predicted molar refractivity (Wildman–Crippen MR) is 81.5 cm³/mol. The van der Waals surface area contributed by atoms with Crippen molar-refractivity contribution in [3.8, 4) is 0 Å². The highest BCUT2D eigenvalue weighted by Crippen LogP contribution is 2.23. The minimum absolute atomic E-state index is 0.0619. The largest absolute Gasteiger partial charge is 0.385 e. The lowest BCUT2D eigenvalue weighted by Crippen LogP contribution is -2.26. The van der Waals surface area contributed by atoms with Gasteiger partial charge in [-0.15, -0.1) is 0 Å². The van der Waals surface area contributed by atoms with E-state index in [9.17, 15) is 4.79 Å². The topological polar surface area (TPSA) is 50.4 Å². The van der Waals surface area contributed by atoms with Gasteiger partial charge in [-0.05, 0) is 47.0 Å². The van der Waals surface area contributed by atoms with Crippen LogP contribution in [0, 0.1) is 6.92 Å². The van der Waals surface area contributed by atoms with Gasteiger partial charge in [-0.2, -0.15) is 0 Å². The molecule has 0 radical (unpaired) electrons. The van der Waals surface area contributed by atoms with Crippen molar-refractivity contribution in [1.82, 2.24) is 5.32 Å². The lowest BCUT2D eigenvalue weighted by Gasteiger charge is -2.09. The van der Waals surface area contributed by atoms with Crippen molar-refractivity contribution >= 4 is 27.5 Å². The Morgan fingerprint density at radius 3 is 2.84 bits per heavy atom. The molecule has 5 heteroatoms. The van der Waals surface area contributed by atoms with Crippen LogP contribution in [0.4, 0.5) is 5.69 Å². The fourth-order valence-corrected chi connectivity index (χ4v) is 2.24. The normalized spacial score (nSPS) is 10.3. The fraction of sp³-hybridized carbons (Fsp3) is 0.500. The highest BCUT2D eigenvalue weighted by atomic mass is 79.9. The van der Waals surface area contributed by atoms with Crippen molar-refractivity contribution in [2.75, 3.05) is 32.1 Å². The fourth-order valence-electron chi connectivity index (χ4n) is 1.61. The Labute approximate surface area is 123 Å². The summed E-state index contributed by atoms with van der Waals surface area (Å²) in [5, 5.41) is 6.10. The molecule has 2 N–H and O–H groups in total. The van der Waals surface area contributed by atoms with E-state index in [1.807, 2.05) is 25.1 Å². The second-order valence-corrected chi connectivity index (χ2v) is 5.21. The van der Waals surface area contributed by atoms with E-state index in [0.29, 0.717) is 26.1 Å². The molecule has 1 rings (SSSR count). The molecule has 1 amide bonds. The number of halogens is 1. The number of benzene rings is 1. The first-order valence-corrected chi connectivity index (χ1v) is 7.18. The second kappa shape index (κ2) is 8.93. The molecule has 0 fully saturated rings. The number of carbonyl (C=O) groups excluding carboxylic acids is 1. The highest BCUT2D eigenvalue weighted by Gasteiger charge is 2.02. The standard InChI is InChI=1S/C14H21BrN2O2/c1-11-4-5-13(12(15)10-11)16-8-6-14(18)17-7-3-9-19-2/h4-5,10,16H,3,6-9H2,1-2H3,(H,17,18). The lowest BCUT2D eigenvalue weighted by atomic mass is 10.2. The molecule has 0 aliphatic heterocycles. The molecule has 0 heterocycles. The maximum Gasteiger partial charge on any atom is 0.221 e. The lowest BCUT2D eigenvalue weighted by molar-refractivity contribution is -0.120. The molecule has 0 unspecified atom stereocenters. The molecule has 0 bridgehead atoms. The number of methoxy groups -OCH3 is 1. The van der Waals surface area contributed by atoms with Crippen molar-refractivity contribution in [3.63, 3.8) is 0 Å². The number of anilines is 1. The Morgan fingerprint density at radius 1 is 1.37 bits per heavy atom. The summed E-state index contributed by atoms with van der Waals surface area (Å²) >= 11 is 3.50. The van der Waals surface area contributed by atoms with Crippen LogP contribution in [0.1, 0.15) is 18.4 Å². The van der Waals surface area contributed by atoms with Crippen LogP contribution in [0.25, 0.3) is 0 Å². The van der Waals surface area contributed by atoms with E-state index in [-0.39, 0.29) is 5.91 Å². The van der Waals surface area contributed by atoms with Crippen molar-refractivity contribution in [1.29, 1.82) is 0 Å². The van der Waals surface area contributed by atoms with E-state index >= 15 is 0 Å². The minimum Gasteiger partial charge on any atom is -0.385 e. The molecule has 0 saturated heterocycles. The minimum atomic E-state index is 0.0619.